The van der Waals surface area contributed by atoms with Crippen LogP contribution >= 0.6 is 45.1 Å². The van der Waals surface area contributed by atoms with Crippen LogP contribution in [0.5, 0.6) is 0 Å². The number of nitrogens with one attached hydrogen (secondary N) is 1. The summed E-state index contributed by atoms with van der Waals surface area (Å²) >= 11 is 0. The molecule has 0 saturated carbocycles. The van der Waals surface area contributed by atoms with Gasteiger partial charge in [-0.15, -0.1) is 0 Å². The number of nitrogens with zero attached hydrogens (tertiary/aromatic N) is 3. The Labute approximate surface area is 264 Å². The number of carbonyl (C=O) groups excluding carboxylic acids is 2. The van der Waals surface area contributed by atoms with E-state index in [-0.39, 0.29) is 23.2 Å². The van der Waals surface area contributed by atoms with Crippen LogP contribution in [-0.4, -0.2) is 91.7 Å². The summed E-state index contributed by atoms with van der Waals surface area (Å²) in [4.78, 5) is 72.5. The van der Waals surface area contributed by atoms with Crippen LogP contribution in [-0.2, 0) is 41.1 Å². The Morgan fingerprint density at radius 2 is 1.91 bits per heavy atom. The van der Waals surface area contributed by atoms with Crippen LogP contribution in [0.25, 0.3) is 0 Å². The highest BCUT2D eigenvalue weighted by Gasteiger charge is 2.49. The molecule has 0 aliphatic carbocycles. The largest absolute Gasteiger partial charge is 0.490 e. The van der Waals surface area contributed by atoms with Crippen molar-refractivity contribution in [2.45, 2.75) is 56.2 Å². The first-order valence-corrected chi connectivity index (χ1v) is 19.9. The second-order valence-corrected chi connectivity index (χ2v) is 16.9. The van der Waals surface area contributed by atoms with E-state index in [9.17, 15) is 33.1 Å². The van der Waals surface area contributed by atoms with E-state index in [1.165, 1.54) is 11.2 Å². The van der Waals surface area contributed by atoms with Crippen LogP contribution < -0.4 is 11.1 Å². The summed E-state index contributed by atoms with van der Waals surface area (Å²) in [7, 11) is -13.7. The van der Waals surface area contributed by atoms with Crippen LogP contribution in [0.2, 0.25) is 0 Å². The minimum absolute atomic E-state index is 0.0827. The third-order valence-electron chi connectivity index (χ3n) is 6.28. The quantitative estimate of drug-likeness (QED) is 0.0900. The van der Waals surface area contributed by atoms with E-state index in [4.69, 9.17) is 29.5 Å². The lowest BCUT2D eigenvalue weighted by molar-refractivity contribution is -0.123. The van der Waals surface area contributed by atoms with E-state index >= 15 is 0 Å². The lowest BCUT2D eigenvalue weighted by Gasteiger charge is -2.31. The second-order valence-electron chi connectivity index (χ2n) is 9.50. The first-order valence-electron chi connectivity index (χ1n) is 13.0. The van der Waals surface area contributed by atoms with Gasteiger partial charge in [-0.05, 0) is 18.6 Å². The SMILES string of the molecule is CCSSC(C)c1ccccc1C(=O)O[C@@H]1C[C@H](N2C=NC3C(=O)NC(N)=NC32)O[C@@H]1COP(=O)(O)OP(=O)(O)OP(=O)(O)O. The van der Waals surface area contributed by atoms with Crippen LogP contribution in [0.4, 0.5) is 0 Å². The highest BCUT2D eigenvalue weighted by atomic mass is 33.1. The van der Waals surface area contributed by atoms with E-state index in [0.717, 1.165) is 5.75 Å². The molecule has 250 valence electrons. The van der Waals surface area contributed by atoms with Gasteiger partial charge in [-0.2, -0.15) is 8.62 Å². The molecule has 8 atom stereocenters. The predicted molar refractivity (Wildman–Crippen MR) is 161 cm³/mol. The summed E-state index contributed by atoms with van der Waals surface area (Å²) in [5.41, 5.74) is 6.66. The minimum Gasteiger partial charge on any atom is -0.456 e. The lowest BCUT2D eigenvalue weighted by atomic mass is 10.0. The summed E-state index contributed by atoms with van der Waals surface area (Å²) < 4.78 is 59.1. The Kier molecular flexibility index (Phi) is 11.6. The maximum atomic E-state index is 13.5. The minimum atomic E-state index is -5.78. The molecule has 45 heavy (non-hydrogen) atoms. The zero-order valence-electron chi connectivity index (χ0n) is 23.4. The van der Waals surface area contributed by atoms with E-state index < -0.39 is 72.6 Å². The Morgan fingerprint density at radius 1 is 1.20 bits per heavy atom. The van der Waals surface area contributed by atoms with E-state index in [1.807, 2.05) is 13.8 Å². The molecule has 0 radical (unpaired) electrons. The van der Waals surface area contributed by atoms with Crippen molar-refractivity contribution in [3.8, 4) is 0 Å². The number of hydrogen-bond acceptors (Lipinski definition) is 16. The van der Waals surface area contributed by atoms with Crippen molar-refractivity contribution in [3.05, 3.63) is 35.4 Å². The van der Waals surface area contributed by atoms with Crippen molar-refractivity contribution in [1.82, 2.24) is 10.2 Å². The third-order valence-corrected chi connectivity index (χ3v) is 13.0. The lowest BCUT2D eigenvalue weighted by Crippen LogP contribution is -2.55. The van der Waals surface area contributed by atoms with Gasteiger partial charge in [-0.25, -0.2) is 23.5 Å². The summed E-state index contributed by atoms with van der Waals surface area (Å²) in [5.74, 6) is -0.573. The summed E-state index contributed by atoms with van der Waals surface area (Å²) in [6.07, 6.45) is -3.16. The summed E-state index contributed by atoms with van der Waals surface area (Å²) in [5, 5.41) is 2.27. The summed E-state index contributed by atoms with van der Waals surface area (Å²) in [6.45, 7) is 3.04. The number of phosphoric acid groups is 3. The van der Waals surface area contributed by atoms with Crippen molar-refractivity contribution < 1.29 is 65.5 Å². The average molecular weight is 734 g/mol. The first kappa shape index (κ1) is 36.0. The maximum Gasteiger partial charge on any atom is 0.490 e. The molecule has 3 heterocycles. The molecular formula is C21H30N5O14P3S2. The van der Waals surface area contributed by atoms with Crippen molar-refractivity contribution >= 4 is 69.2 Å². The van der Waals surface area contributed by atoms with Gasteiger partial charge in [0.2, 0.25) is 0 Å². The average Bonchev–Trinajstić information content (AvgIpc) is 3.52. The van der Waals surface area contributed by atoms with Gasteiger partial charge >= 0.3 is 29.4 Å². The molecule has 4 rings (SSSR count). The first-order chi connectivity index (χ1) is 21.0. The molecule has 0 bridgehead atoms. The number of carbonyl (C=O) groups is 2. The van der Waals surface area contributed by atoms with Crippen molar-refractivity contribution in [3.63, 3.8) is 0 Å². The fourth-order valence-electron chi connectivity index (χ4n) is 4.51. The molecule has 24 heteroatoms. The van der Waals surface area contributed by atoms with Crippen LogP contribution in [0, 0.1) is 0 Å². The highest BCUT2D eigenvalue weighted by Crippen LogP contribution is 2.66. The molecule has 0 spiro atoms. The molecule has 5 unspecified atom stereocenters. The molecule has 1 saturated heterocycles. The number of phosphoric ester groups is 1. The van der Waals surface area contributed by atoms with Gasteiger partial charge in [0.15, 0.2) is 18.2 Å². The molecule has 1 aromatic rings. The second kappa shape index (κ2) is 14.5. The number of esters is 1. The molecule has 3 aliphatic heterocycles. The Hall–Kier alpha value is -1.83. The van der Waals surface area contributed by atoms with Crippen LogP contribution in [0.1, 0.15) is 41.4 Å². The molecular weight excluding hydrogens is 703 g/mol. The number of nitrogens with two attached hydrogens (primary N) is 1. The molecule has 0 aromatic heterocycles. The molecule has 3 aliphatic rings. The van der Waals surface area contributed by atoms with Gasteiger partial charge in [0.1, 0.15) is 18.4 Å². The fourth-order valence-corrected chi connectivity index (χ4v) is 9.52. The zero-order valence-corrected chi connectivity index (χ0v) is 27.7. The molecule has 1 fully saturated rings. The molecule has 19 nitrogen and oxygen atoms in total. The summed E-state index contributed by atoms with van der Waals surface area (Å²) in [6, 6.07) is 5.83. The topological polar surface area (TPSA) is 278 Å². The molecule has 7 N–H and O–H groups in total. The van der Waals surface area contributed by atoms with Gasteiger partial charge in [-0.1, -0.05) is 46.7 Å². The van der Waals surface area contributed by atoms with Gasteiger partial charge in [-0.3, -0.25) is 19.6 Å². The Balaban J connectivity index is 1.54. The number of guanidine groups is 1. The van der Waals surface area contributed by atoms with Gasteiger partial charge in [0.25, 0.3) is 5.91 Å². The number of fused-ring (bicyclic) bond motifs is 1. The number of rotatable bonds is 14. The van der Waals surface area contributed by atoms with E-state index in [1.54, 1.807) is 45.9 Å². The predicted octanol–water partition coefficient (Wildman–Crippen LogP) is 1.62. The Bertz CT molecular complexity index is 1500. The number of aliphatic imine (C=N–C) groups is 2. The standard InChI is InChI=1S/C21H30N5O14P3S2/c1-3-44-45-11(2)12-6-4-5-7-13(12)20(28)38-14-8-16(26-10-23-17-18(26)24-21(22)25-19(17)27)37-15(14)9-36-42(32,33)40-43(34,35)39-41(29,30)31/h4-7,10-11,14-18H,3,8-9H2,1-2H3,(H,32,33)(H,34,35)(H2,29,30,31)(H3,22,24,25,27)/t11?,14-,15-,16-,17?,18?/m1/s1. The normalized spacial score (nSPS) is 28.0. The van der Waals surface area contributed by atoms with Gasteiger partial charge in [0.05, 0.1) is 18.5 Å². The van der Waals surface area contributed by atoms with Crippen molar-refractivity contribution in [2.75, 3.05) is 12.4 Å². The molecule has 1 amide bonds. The van der Waals surface area contributed by atoms with Crippen molar-refractivity contribution in [2.24, 2.45) is 15.7 Å². The maximum absolute atomic E-state index is 13.5. The van der Waals surface area contributed by atoms with Crippen molar-refractivity contribution in [1.29, 1.82) is 0 Å². The Morgan fingerprint density at radius 3 is 2.60 bits per heavy atom. The third kappa shape index (κ3) is 9.60. The van der Waals surface area contributed by atoms with E-state index in [0.29, 0.717) is 5.56 Å². The van der Waals surface area contributed by atoms with Crippen LogP contribution in [0.3, 0.4) is 0 Å². The van der Waals surface area contributed by atoms with E-state index in [2.05, 4.69) is 23.9 Å². The fraction of sp³-hybridized carbons (Fsp3) is 0.524. The molecule has 1 aromatic carbocycles. The van der Waals surface area contributed by atoms with Gasteiger partial charge in [0, 0.05) is 17.4 Å². The number of hydrogen-bond donors (Lipinski definition) is 6. The number of benzene rings is 1. The zero-order chi connectivity index (χ0) is 33.2. The van der Waals surface area contributed by atoms with Gasteiger partial charge < -0.3 is 39.7 Å². The number of ether oxygens (including phenoxy) is 2. The smallest absolute Gasteiger partial charge is 0.456 e. The number of amides is 1. The van der Waals surface area contributed by atoms with Crippen LogP contribution in [0.15, 0.2) is 34.3 Å². The highest BCUT2D eigenvalue weighted by molar-refractivity contribution is 8.76. The monoisotopic (exact) mass is 733 g/mol.